The Morgan fingerprint density at radius 2 is 2.22 bits per heavy atom. The number of carbonyl (C=O) groups excluding carboxylic acids is 2. The number of halogens is 2. The van der Waals surface area contributed by atoms with E-state index in [9.17, 15) is 14.0 Å². The molecule has 96 valence electrons. The van der Waals surface area contributed by atoms with E-state index >= 15 is 0 Å². The fraction of sp³-hybridized carbons (Fsp3) is 0.333. The van der Waals surface area contributed by atoms with Crippen molar-refractivity contribution in [1.82, 2.24) is 10.2 Å². The smallest absolute Gasteiger partial charge is 0.242 e. The molecule has 1 saturated heterocycles. The number of carbonyl (C=O) groups is 2. The minimum absolute atomic E-state index is 0.0159. The molecule has 1 aliphatic rings. The number of hydrogen-bond donors (Lipinski definition) is 1. The van der Waals surface area contributed by atoms with Gasteiger partial charge in [0.1, 0.15) is 11.9 Å². The van der Waals surface area contributed by atoms with Crippen molar-refractivity contribution in [1.29, 1.82) is 0 Å². The summed E-state index contributed by atoms with van der Waals surface area (Å²) >= 11 is 3.25. The van der Waals surface area contributed by atoms with Crippen LogP contribution in [0.25, 0.3) is 0 Å². The van der Waals surface area contributed by atoms with Crippen molar-refractivity contribution < 1.29 is 14.0 Å². The first-order valence-corrected chi connectivity index (χ1v) is 6.29. The van der Waals surface area contributed by atoms with Crippen LogP contribution in [0.15, 0.2) is 22.7 Å². The van der Waals surface area contributed by atoms with E-state index in [-0.39, 0.29) is 30.7 Å². The number of benzene rings is 1. The van der Waals surface area contributed by atoms with Gasteiger partial charge in [0.05, 0.1) is 6.54 Å². The van der Waals surface area contributed by atoms with Crippen molar-refractivity contribution in [2.75, 3.05) is 6.54 Å². The van der Waals surface area contributed by atoms with Crippen molar-refractivity contribution in [3.63, 3.8) is 0 Å². The number of nitrogens with one attached hydrogen (secondary N) is 1. The van der Waals surface area contributed by atoms with Gasteiger partial charge in [0.2, 0.25) is 11.8 Å². The van der Waals surface area contributed by atoms with Crippen LogP contribution in [0.5, 0.6) is 0 Å². The van der Waals surface area contributed by atoms with Gasteiger partial charge in [-0.05, 0) is 24.6 Å². The molecule has 0 aliphatic carbocycles. The predicted octanol–water partition coefficient (Wildman–Crippen LogP) is 1.44. The molecule has 1 unspecified atom stereocenters. The van der Waals surface area contributed by atoms with Gasteiger partial charge in [-0.15, -0.1) is 0 Å². The Labute approximate surface area is 112 Å². The minimum atomic E-state index is -0.511. The minimum Gasteiger partial charge on any atom is -0.345 e. The lowest BCUT2D eigenvalue weighted by Crippen LogP contribution is -2.56. The highest BCUT2D eigenvalue weighted by molar-refractivity contribution is 9.10. The summed E-state index contributed by atoms with van der Waals surface area (Å²) in [5.41, 5.74) is 0.770. The Morgan fingerprint density at radius 3 is 2.89 bits per heavy atom. The van der Waals surface area contributed by atoms with Crippen LogP contribution in [0, 0.1) is 5.82 Å². The second-order valence-corrected chi connectivity index (χ2v) is 5.01. The Balaban J connectivity index is 2.21. The molecule has 1 heterocycles. The van der Waals surface area contributed by atoms with Gasteiger partial charge in [-0.3, -0.25) is 9.59 Å². The number of nitrogens with zero attached hydrogens (tertiary/aromatic N) is 1. The fourth-order valence-electron chi connectivity index (χ4n) is 1.83. The summed E-state index contributed by atoms with van der Waals surface area (Å²) in [4.78, 5) is 24.7. The topological polar surface area (TPSA) is 49.4 Å². The van der Waals surface area contributed by atoms with Gasteiger partial charge >= 0.3 is 0 Å². The maximum Gasteiger partial charge on any atom is 0.242 e. The van der Waals surface area contributed by atoms with Gasteiger partial charge in [0.15, 0.2) is 0 Å². The van der Waals surface area contributed by atoms with Gasteiger partial charge in [0, 0.05) is 11.0 Å². The highest BCUT2D eigenvalue weighted by Crippen LogP contribution is 2.21. The maximum atomic E-state index is 13.0. The van der Waals surface area contributed by atoms with Crippen molar-refractivity contribution in [2.24, 2.45) is 0 Å². The summed E-state index contributed by atoms with van der Waals surface area (Å²) in [5, 5.41) is 2.52. The number of rotatable bonds is 2. The average Bonchev–Trinajstić information content (AvgIpc) is 2.32. The number of hydrogen-bond acceptors (Lipinski definition) is 2. The van der Waals surface area contributed by atoms with Crippen LogP contribution in [0.3, 0.4) is 0 Å². The van der Waals surface area contributed by atoms with Crippen LogP contribution in [0.1, 0.15) is 12.5 Å². The van der Waals surface area contributed by atoms with Gasteiger partial charge in [-0.2, -0.15) is 0 Å². The lowest BCUT2D eigenvalue weighted by atomic mass is 10.1. The molecule has 1 fully saturated rings. The molecule has 2 amide bonds. The third-order valence-corrected chi connectivity index (χ3v) is 3.68. The van der Waals surface area contributed by atoms with E-state index in [2.05, 4.69) is 21.2 Å². The second kappa shape index (κ2) is 5.06. The van der Waals surface area contributed by atoms with Crippen molar-refractivity contribution in [2.45, 2.75) is 19.5 Å². The third kappa shape index (κ3) is 2.53. The normalized spacial score (nSPS) is 19.9. The molecule has 0 spiro atoms. The summed E-state index contributed by atoms with van der Waals surface area (Å²) in [6.45, 7) is 1.97. The van der Waals surface area contributed by atoms with Gasteiger partial charge in [0.25, 0.3) is 0 Å². The van der Waals surface area contributed by atoms with Crippen LogP contribution in [-0.2, 0) is 16.1 Å². The Morgan fingerprint density at radius 1 is 1.50 bits per heavy atom. The highest BCUT2D eigenvalue weighted by Gasteiger charge is 2.31. The molecule has 1 aromatic rings. The fourth-order valence-corrected chi connectivity index (χ4v) is 2.30. The zero-order valence-electron chi connectivity index (χ0n) is 9.74. The highest BCUT2D eigenvalue weighted by atomic mass is 79.9. The van der Waals surface area contributed by atoms with Crippen molar-refractivity contribution in [3.8, 4) is 0 Å². The van der Waals surface area contributed by atoms with Crippen LogP contribution >= 0.6 is 15.9 Å². The summed E-state index contributed by atoms with van der Waals surface area (Å²) in [7, 11) is 0. The molecular weight excluding hydrogens is 303 g/mol. The van der Waals surface area contributed by atoms with E-state index in [0.717, 1.165) is 5.56 Å². The molecule has 2 rings (SSSR count). The van der Waals surface area contributed by atoms with Crippen molar-refractivity contribution >= 4 is 27.7 Å². The molecule has 18 heavy (non-hydrogen) atoms. The molecule has 0 radical (unpaired) electrons. The van der Waals surface area contributed by atoms with Crippen LogP contribution in [0.2, 0.25) is 0 Å². The average molecular weight is 315 g/mol. The largest absolute Gasteiger partial charge is 0.345 e. The first kappa shape index (κ1) is 13.0. The SMILES string of the molecule is CC1C(=O)NCC(=O)N1Cc1ccc(F)cc1Br. The van der Waals surface area contributed by atoms with Crippen LogP contribution in [0.4, 0.5) is 4.39 Å². The Kier molecular flexibility index (Phi) is 3.65. The molecule has 1 aliphatic heterocycles. The first-order valence-electron chi connectivity index (χ1n) is 5.50. The lowest BCUT2D eigenvalue weighted by molar-refractivity contribution is -0.145. The van der Waals surface area contributed by atoms with Gasteiger partial charge < -0.3 is 10.2 Å². The predicted molar refractivity (Wildman–Crippen MR) is 67.1 cm³/mol. The summed E-state index contributed by atoms with van der Waals surface area (Å²) in [6.07, 6.45) is 0. The summed E-state index contributed by atoms with van der Waals surface area (Å²) < 4.78 is 13.6. The molecule has 6 heteroatoms. The molecule has 0 saturated carbocycles. The maximum absolute atomic E-state index is 13.0. The monoisotopic (exact) mass is 314 g/mol. The van der Waals surface area contributed by atoms with E-state index in [1.165, 1.54) is 17.0 Å². The Hall–Kier alpha value is -1.43. The third-order valence-electron chi connectivity index (χ3n) is 2.94. The molecule has 0 bridgehead atoms. The second-order valence-electron chi connectivity index (χ2n) is 4.15. The van der Waals surface area contributed by atoms with E-state index < -0.39 is 6.04 Å². The first-order chi connectivity index (χ1) is 8.49. The van der Waals surface area contributed by atoms with Crippen LogP contribution < -0.4 is 5.32 Å². The van der Waals surface area contributed by atoms with E-state index in [0.29, 0.717) is 4.47 Å². The van der Waals surface area contributed by atoms with E-state index in [1.807, 2.05) is 0 Å². The molecule has 0 aromatic heterocycles. The molecule has 4 nitrogen and oxygen atoms in total. The van der Waals surface area contributed by atoms with Gasteiger partial charge in [-0.1, -0.05) is 22.0 Å². The van der Waals surface area contributed by atoms with E-state index in [1.54, 1.807) is 13.0 Å². The standard InChI is InChI=1S/C12H12BrFN2O2/c1-7-12(18)15-5-11(17)16(7)6-8-2-3-9(14)4-10(8)13/h2-4,7H,5-6H2,1H3,(H,15,18). The molecule has 1 aromatic carbocycles. The molecular formula is C12H12BrFN2O2. The van der Waals surface area contributed by atoms with Gasteiger partial charge in [-0.25, -0.2) is 4.39 Å². The number of amides is 2. The van der Waals surface area contributed by atoms with Crippen molar-refractivity contribution in [3.05, 3.63) is 34.1 Å². The van der Waals surface area contributed by atoms with E-state index in [4.69, 9.17) is 0 Å². The zero-order chi connectivity index (χ0) is 13.3. The molecule has 1 N–H and O–H groups in total. The number of piperazine rings is 1. The van der Waals surface area contributed by atoms with Crippen LogP contribution in [-0.4, -0.2) is 29.3 Å². The molecule has 1 atom stereocenters. The summed E-state index contributed by atoms with van der Waals surface area (Å²) in [5.74, 6) is -0.660. The Bertz CT molecular complexity index is 507. The lowest BCUT2D eigenvalue weighted by Gasteiger charge is -2.33. The summed E-state index contributed by atoms with van der Waals surface area (Å²) in [6, 6.07) is 3.77. The zero-order valence-corrected chi connectivity index (χ0v) is 11.3. The quantitative estimate of drug-likeness (QED) is 0.898.